The van der Waals surface area contributed by atoms with Gasteiger partial charge in [0.2, 0.25) is 5.91 Å². The van der Waals surface area contributed by atoms with Crippen molar-refractivity contribution < 1.29 is 9.53 Å². The highest BCUT2D eigenvalue weighted by Crippen LogP contribution is 2.13. The van der Waals surface area contributed by atoms with Gasteiger partial charge in [-0.15, -0.1) is 0 Å². The van der Waals surface area contributed by atoms with Gasteiger partial charge in [-0.3, -0.25) is 9.69 Å². The summed E-state index contributed by atoms with van der Waals surface area (Å²) in [5.41, 5.74) is 1.17. The minimum absolute atomic E-state index is 0.314. The van der Waals surface area contributed by atoms with E-state index in [9.17, 15) is 4.79 Å². The van der Waals surface area contributed by atoms with Gasteiger partial charge in [-0.1, -0.05) is 30.7 Å². The molecule has 0 N–H and O–H groups in total. The van der Waals surface area contributed by atoms with Crippen LogP contribution in [0.15, 0.2) is 30.3 Å². The van der Waals surface area contributed by atoms with Crippen LogP contribution in [-0.4, -0.2) is 80.1 Å². The third kappa shape index (κ3) is 6.36. The zero-order chi connectivity index (χ0) is 18.9. The van der Waals surface area contributed by atoms with Gasteiger partial charge in [0.25, 0.3) is 0 Å². The van der Waals surface area contributed by atoms with E-state index >= 15 is 0 Å². The van der Waals surface area contributed by atoms with E-state index in [2.05, 4.69) is 39.0 Å². The van der Waals surface area contributed by atoms with Crippen LogP contribution < -0.4 is 4.74 Å². The molecule has 1 aromatic rings. The van der Waals surface area contributed by atoms with Crippen molar-refractivity contribution in [1.29, 1.82) is 0 Å². The molecule has 3 rings (SSSR count). The average molecular weight is 372 g/mol. The van der Waals surface area contributed by atoms with E-state index in [1.165, 1.54) is 37.9 Å². The summed E-state index contributed by atoms with van der Waals surface area (Å²) >= 11 is 0. The summed E-state index contributed by atoms with van der Waals surface area (Å²) in [5.74, 6) is 1.19. The maximum absolute atomic E-state index is 12.4. The molecule has 1 aromatic carbocycles. The van der Waals surface area contributed by atoms with E-state index < -0.39 is 0 Å². The Kier molecular flexibility index (Phi) is 7.72. The number of rotatable bonds is 7. The van der Waals surface area contributed by atoms with Crippen LogP contribution in [-0.2, 0) is 4.79 Å². The monoisotopic (exact) mass is 371 g/mol. The maximum atomic E-state index is 12.4. The number of nitrogens with zero attached hydrogens (tertiary/aromatic N) is 3. The first-order valence-corrected chi connectivity index (χ1v) is 10.3. The van der Waals surface area contributed by atoms with E-state index in [0.717, 1.165) is 45.0 Å². The summed E-state index contributed by atoms with van der Waals surface area (Å²) in [5, 5.41) is 0. The van der Waals surface area contributed by atoms with Gasteiger partial charge in [0.05, 0.1) is 7.11 Å². The number of carbonyl (C=O) groups is 1. The number of hydrogen-bond donors (Lipinski definition) is 0. The van der Waals surface area contributed by atoms with Crippen LogP contribution in [0, 0.1) is 0 Å². The van der Waals surface area contributed by atoms with Crippen molar-refractivity contribution in [2.24, 2.45) is 0 Å². The molecule has 1 amide bonds. The van der Waals surface area contributed by atoms with Gasteiger partial charge in [0, 0.05) is 45.7 Å². The second kappa shape index (κ2) is 10.5. The number of amides is 1. The van der Waals surface area contributed by atoms with Crippen LogP contribution in [0.5, 0.6) is 5.75 Å². The van der Waals surface area contributed by atoms with Crippen LogP contribution >= 0.6 is 0 Å². The van der Waals surface area contributed by atoms with Gasteiger partial charge in [0.1, 0.15) is 5.75 Å². The molecule has 2 heterocycles. The normalized spacial score (nSPS) is 20.2. The Morgan fingerprint density at radius 3 is 2.44 bits per heavy atom. The summed E-state index contributed by atoms with van der Waals surface area (Å²) in [6, 6.07) is 8.07. The number of piperidine rings is 1. The molecular weight excluding hydrogens is 338 g/mol. The van der Waals surface area contributed by atoms with Gasteiger partial charge < -0.3 is 14.5 Å². The minimum Gasteiger partial charge on any atom is -0.497 e. The Morgan fingerprint density at radius 1 is 0.926 bits per heavy atom. The SMILES string of the molecule is COc1ccc(/C=C/CN2CCC(=O)N(CCN3CCCCC3)CC2)cc1. The first-order chi connectivity index (χ1) is 13.2. The molecule has 148 valence electrons. The lowest BCUT2D eigenvalue weighted by atomic mass is 10.1. The zero-order valence-electron chi connectivity index (χ0n) is 16.6. The van der Waals surface area contributed by atoms with E-state index in [-0.39, 0.29) is 0 Å². The largest absolute Gasteiger partial charge is 0.497 e. The third-order valence-corrected chi connectivity index (χ3v) is 5.61. The molecular formula is C22H33N3O2. The zero-order valence-corrected chi connectivity index (χ0v) is 16.6. The Morgan fingerprint density at radius 2 is 1.70 bits per heavy atom. The van der Waals surface area contributed by atoms with E-state index in [1.54, 1.807) is 7.11 Å². The molecule has 0 aliphatic carbocycles. The second-order valence-electron chi connectivity index (χ2n) is 7.51. The van der Waals surface area contributed by atoms with Crippen LogP contribution in [0.2, 0.25) is 0 Å². The summed E-state index contributed by atoms with van der Waals surface area (Å²) in [7, 11) is 1.68. The first-order valence-electron chi connectivity index (χ1n) is 10.3. The van der Waals surface area contributed by atoms with Crippen LogP contribution in [0.4, 0.5) is 0 Å². The van der Waals surface area contributed by atoms with Crippen molar-refractivity contribution in [3.8, 4) is 5.75 Å². The molecule has 0 unspecified atom stereocenters. The average Bonchev–Trinajstić information content (AvgIpc) is 2.89. The molecule has 2 aliphatic rings. The summed E-state index contributed by atoms with van der Waals surface area (Å²) in [6.45, 7) is 7.86. The second-order valence-corrected chi connectivity index (χ2v) is 7.51. The summed E-state index contributed by atoms with van der Waals surface area (Å²) < 4.78 is 5.19. The Labute approximate surface area is 163 Å². The number of benzene rings is 1. The topological polar surface area (TPSA) is 36.0 Å². The van der Waals surface area contributed by atoms with Crippen molar-refractivity contribution in [2.45, 2.75) is 25.7 Å². The fourth-order valence-electron chi connectivity index (χ4n) is 3.83. The molecule has 0 aromatic heterocycles. The highest BCUT2D eigenvalue weighted by Gasteiger charge is 2.21. The molecule has 2 aliphatic heterocycles. The van der Waals surface area contributed by atoms with Crippen molar-refractivity contribution in [3.63, 3.8) is 0 Å². The Balaban J connectivity index is 1.42. The fraction of sp³-hybridized carbons (Fsp3) is 0.591. The molecule has 0 saturated carbocycles. The van der Waals surface area contributed by atoms with Gasteiger partial charge in [-0.05, 0) is 43.6 Å². The molecule has 0 radical (unpaired) electrons. The maximum Gasteiger partial charge on any atom is 0.223 e. The highest BCUT2D eigenvalue weighted by molar-refractivity contribution is 5.76. The van der Waals surface area contributed by atoms with Crippen molar-refractivity contribution >= 4 is 12.0 Å². The van der Waals surface area contributed by atoms with Gasteiger partial charge >= 0.3 is 0 Å². The smallest absolute Gasteiger partial charge is 0.223 e. The van der Waals surface area contributed by atoms with Crippen molar-refractivity contribution in [2.75, 3.05) is 59.5 Å². The molecule has 0 atom stereocenters. The predicted molar refractivity (Wildman–Crippen MR) is 110 cm³/mol. The van der Waals surface area contributed by atoms with Gasteiger partial charge in [0.15, 0.2) is 0 Å². The molecule has 0 spiro atoms. The van der Waals surface area contributed by atoms with Crippen LogP contribution in [0.1, 0.15) is 31.2 Å². The standard InChI is InChI=1S/C22H33N3O2/c1-27-21-9-7-20(8-10-21)6-5-14-24-15-11-22(26)25(19-17-24)18-16-23-12-3-2-4-13-23/h5-10H,2-4,11-19H2,1H3/b6-5+. The van der Waals surface area contributed by atoms with Gasteiger partial charge in [-0.25, -0.2) is 0 Å². The first kappa shape index (κ1) is 19.9. The number of likely N-dealkylation sites (tertiary alicyclic amines) is 1. The lowest BCUT2D eigenvalue weighted by Crippen LogP contribution is -2.41. The van der Waals surface area contributed by atoms with E-state index in [1.807, 2.05) is 12.1 Å². The minimum atomic E-state index is 0.314. The number of carbonyl (C=O) groups excluding carboxylic acids is 1. The Hall–Kier alpha value is -1.85. The molecule has 2 fully saturated rings. The molecule has 27 heavy (non-hydrogen) atoms. The third-order valence-electron chi connectivity index (χ3n) is 5.61. The van der Waals surface area contributed by atoms with Gasteiger partial charge in [-0.2, -0.15) is 0 Å². The van der Waals surface area contributed by atoms with Crippen LogP contribution in [0.25, 0.3) is 6.08 Å². The highest BCUT2D eigenvalue weighted by atomic mass is 16.5. The predicted octanol–water partition coefficient (Wildman–Crippen LogP) is 2.73. The molecule has 0 bridgehead atoms. The summed E-state index contributed by atoms with van der Waals surface area (Å²) in [6.07, 6.45) is 8.94. The lowest BCUT2D eigenvalue weighted by Gasteiger charge is -2.29. The molecule has 5 nitrogen and oxygen atoms in total. The van der Waals surface area contributed by atoms with Crippen molar-refractivity contribution in [1.82, 2.24) is 14.7 Å². The quantitative estimate of drug-likeness (QED) is 0.738. The number of hydrogen-bond acceptors (Lipinski definition) is 4. The van der Waals surface area contributed by atoms with Crippen molar-refractivity contribution in [3.05, 3.63) is 35.9 Å². The summed E-state index contributed by atoms with van der Waals surface area (Å²) in [4.78, 5) is 19.4. The number of ether oxygens (including phenoxy) is 1. The molecule has 5 heteroatoms. The van der Waals surface area contributed by atoms with E-state index in [4.69, 9.17) is 4.74 Å². The van der Waals surface area contributed by atoms with Crippen LogP contribution in [0.3, 0.4) is 0 Å². The number of methoxy groups -OCH3 is 1. The van der Waals surface area contributed by atoms with E-state index in [0.29, 0.717) is 12.3 Å². The molecule has 2 saturated heterocycles. The lowest BCUT2D eigenvalue weighted by molar-refractivity contribution is -0.130. The Bertz CT molecular complexity index is 608. The fourth-order valence-corrected chi connectivity index (χ4v) is 3.83.